The molecule has 0 heterocycles. The van der Waals surface area contributed by atoms with Gasteiger partial charge in [-0.05, 0) is 49.2 Å². The smallest absolute Gasteiger partial charge is 0.287 e. The molecule has 2 aromatic rings. The first-order valence-corrected chi connectivity index (χ1v) is 8.79. The van der Waals surface area contributed by atoms with Gasteiger partial charge in [0.25, 0.3) is 10.1 Å². The van der Waals surface area contributed by atoms with Gasteiger partial charge in [0.2, 0.25) is 5.91 Å². The SMILES string of the molecule is COc1cccc(/C=C/S(=O)(=O)O)c1.Cc1ccc(C(N)=O)c(C)c1. The fourth-order valence-electron chi connectivity index (χ4n) is 2.00. The van der Waals surface area contributed by atoms with Crippen molar-refractivity contribution >= 4 is 22.1 Å². The predicted molar refractivity (Wildman–Crippen MR) is 98.0 cm³/mol. The minimum absolute atomic E-state index is 0.359. The van der Waals surface area contributed by atoms with Crippen LogP contribution in [0.5, 0.6) is 5.75 Å². The molecule has 0 spiro atoms. The maximum atomic E-state index is 10.8. The summed E-state index contributed by atoms with van der Waals surface area (Å²) in [5.41, 5.74) is 8.46. The van der Waals surface area contributed by atoms with Crippen LogP contribution in [0.25, 0.3) is 6.08 Å². The average Bonchev–Trinajstić information content (AvgIpc) is 2.52. The molecular weight excluding hydrogens is 342 g/mol. The molecule has 0 aliphatic carbocycles. The lowest BCUT2D eigenvalue weighted by atomic mass is 10.1. The Labute approximate surface area is 147 Å². The van der Waals surface area contributed by atoms with Crippen LogP contribution >= 0.6 is 0 Å². The molecule has 0 saturated carbocycles. The van der Waals surface area contributed by atoms with E-state index in [4.69, 9.17) is 15.0 Å². The van der Waals surface area contributed by atoms with E-state index in [1.165, 1.54) is 13.2 Å². The summed E-state index contributed by atoms with van der Waals surface area (Å²) in [4.78, 5) is 10.8. The molecule has 0 aliphatic rings. The lowest BCUT2D eigenvalue weighted by molar-refractivity contribution is 0.0999. The molecule has 0 saturated heterocycles. The first-order valence-electron chi connectivity index (χ1n) is 7.29. The van der Waals surface area contributed by atoms with Crippen LogP contribution in [0.2, 0.25) is 0 Å². The number of rotatable bonds is 4. The quantitative estimate of drug-likeness (QED) is 0.812. The van der Waals surface area contributed by atoms with Crippen LogP contribution in [-0.2, 0) is 10.1 Å². The highest BCUT2D eigenvalue weighted by Crippen LogP contribution is 2.13. The number of nitrogens with two attached hydrogens (primary N) is 1. The summed E-state index contributed by atoms with van der Waals surface area (Å²) < 4.78 is 34.2. The molecular formula is C18H21NO5S. The Hall–Kier alpha value is -2.64. The maximum Gasteiger partial charge on any atom is 0.287 e. The molecule has 0 atom stereocenters. The first kappa shape index (κ1) is 20.4. The number of aryl methyl sites for hydroxylation is 2. The number of methoxy groups -OCH3 is 1. The van der Waals surface area contributed by atoms with Crippen LogP contribution < -0.4 is 10.5 Å². The van der Waals surface area contributed by atoms with Gasteiger partial charge in [-0.1, -0.05) is 29.8 Å². The Morgan fingerprint density at radius 3 is 2.36 bits per heavy atom. The number of amides is 1. The fourth-order valence-corrected chi connectivity index (χ4v) is 2.33. The molecule has 2 aromatic carbocycles. The van der Waals surface area contributed by atoms with E-state index in [1.807, 2.05) is 26.0 Å². The molecule has 7 heteroatoms. The van der Waals surface area contributed by atoms with Crippen molar-refractivity contribution in [2.24, 2.45) is 5.73 Å². The highest BCUT2D eigenvalue weighted by molar-refractivity contribution is 7.88. The molecule has 2 rings (SSSR count). The fraction of sp³-hybridized carbons (Fsp3) is 0.167. The minimum Gasteiger partial charge on any atom is -0.497 e. The molecule has 6 nitrogen and oxygen atoms in total. The van der Waals surface area contributed by atoms with Crippen molar-refractivity contribution < 1.29 is 22.5 Å². The Balaban J connectivity index is 0.000000257. The van der Waals surface area contributed by atoms with E-state index in [9.17, 15) is 13.2 Å². The van der Waals surface area contributed by atoms with Crippen molar-refractivity contribution in [1.29, 1.82) is 0 Å². The first-order chi connectivity index (χ1) is 11.6. The van der Waals surface area contributed by atoms with Gasteiger partial charge in [0.05, 0.1) is 12.5 Å². The summed E-state index contributed by atoms with van der Waals surface area (Å²) in [5.74, 6) is 0.269. The lowest BCUT2D eigenvalue weighted by Crippen LogP contribution is -2.12. The van der Waals surface area contributed by atoms with Gasteiger partial charge in [0.15, 0.2) is 0 Å². The van der Waals surface area contributed by atoms with Crippen LogP contribution in [0.4, 0.5) is 0 Å². The average molecular weight is 363 g/mol. The zero-order chi connectivity index (χ0) is 19.0. The number of hydrogen-bond donors (Lipinski definition) is 2. The van der Waals surface area contributed by atoms with Gasteiger partial charge in [-0.3, -0.25) is 9.35 Å². The standard InChI is InChI=1S/C9H11NO.C9H10O4S/c1-6-3-4-8(9(10)11)7(2)5-6;1-13-9-4-2-3-8(7-9)5-6-14(10,11)12/h3-5H,1-2H3,(H2,10,11);2-7H,1H3,(H,10,11,12)/b;6-5+. The summed E-state index contributed by atoms with van der Waals surface area (Å²) in [6.07, 6.45) is 1.29. The summed E-state index contributed by atoms with van der Waals surface area (Å²) >= 11 is 0. The molecule has 134 valence electrons. The van der Waals surface area contributed by atoms with Gasteiger partial charge < -0.3 is 10.5 Å². The van der Waals surface area contributed by atoms with Gasteiger partial charge in [-0.25, -0.2) is 0 Å². The number of carbonyl (C=O) groups is 1. The Morgan fingerprint density at radius 1 is 1.16 bits per heavy atom. The van der Waals surface area contributed by atoms with Crippen molar-refractivity contribution in [1.82, 2.24) is 0 Å². The van der Waals surface area contributed by atoms with Crippen LogP contribution in [0.1, 0.15) is 27.0 Å². The monoisotopic (exact) mass is 363 g/mol. The van der Waals surface area contributed by atoms with Crippen molar-refractivity contribution in [3.8, 4) is 5.75 Å². The van der Waals surface area contributed by atoms with E-state index in [0.29, 0.717) is 16.9 Å². The number of ether oxygens (including phenoxy) is 1. The van der Waals surface area contributed by atoms with Crippen LogP contribution in [-0.4, -0.2) is 26.0 Å². The van der Waals surface area contributed by atoms with E-state index in [-0.39, 0.29) is 5.91 Å². The third-order valence-corrected chi connectivity index (χ3v) is 3.65. The van der Waals surface area contributed by atoms with Gasteiger partial charge in [-0.15, -0.1) is 0 Å². The number of carbonyl (C=O) groups excluding carboxylic acids is 1. The number of primary amides is 1. The van der Waals surface area contributed by atoms with Crippen molar-refractivity contribution in [2.75, 3.05) is 7.11 Å². The van der Waals surface area contributed by atoms with Crippen molar-refractivity contribution in [3.63, 3.8) is 0 Å². The van der Waals surface area contributed by atoms with Crippen LogP contribution in [0, 0.1) is 13.8 Å². The maximum absolute atomic E-state index is 10.8. The Bertz CT molecular complexity index is 873. The van der Waals surface area contributed by atoms with E-state index < -0.39 is 10.1 Å². The molecule has 0 unspecified atom stereocenters. The largest absolute Gasteiger partial charge is 0.497 e. The summed E-state index contributed by atoms with van der Waals surface area (Å²) in [7, 11) is -2.54. The Morgan fingerprint density at radius 2 is 1.84 bits per heavy atom. The van der Waals surface area contributed by atoms with Gasteiger partial charge in [0.1, 0.15) is 5.75 Å². The normalized spacial score (nSPS) is 10.9. The number of benzene rings is 2. The molecule has 0 aliphatic heterocycles. The molecule has 0 radical (unpaired) electrons. The summed E-state index contributed by atoms with van der Waals surface area (Å²) in [5, 5.41) is 0.724. The van der Waals surface area contributed by atoms with E-state index in [1.54, 1.807) is 30.3 Å². The summed E-state index contributed by atoms with van der Waals surface area (Å²) in [6.45, 7) is 3.87. The van der Waals surface area contributed by atoms with Crippen molar-refractivity contribution in [2.45, 2.75) is 13.8 Å². The van der Waals surface area contributed by atoms with Gasteiger partial charge in [0, 0.05) is 5.56 Å². The second kappa shape index (κ2) is 9.00. The minimum atomic E-state index is -4.06. The number of hydrogen-bond acceptors (Lipinski definition) is 4. The molecule has 0 fully saturated rings. The van der Waals surface area contributed by atoms with E-state index in [0.717, 1.165) is 16.5 Å². The summed E-state index contributed by atoms with van der Waals surface area (Å²) in [6, 6.07) is 12.4. The molecule has 0 bridgehead atoms. The second-order valence-corrected chi connectivity index (χ2v) is 6.58. The molecule has 1 amide bonds. The highest BCUT2D eigenvalue weighted by atomic mass is 32.2. The third-order valence-electron chi connectivity index (χ3n) is 3.17. The predicted octanol–water partition coefficient (Wildman–Crippen LogP) is 2.96. The molecule has 25 heavy (non-hydrogen) atoms. The lowest BCUT2D eigenvalue weighted by Gasteiger charge is -2.01. The van der Waals surface area contributed by atoms with E-state index in [2.05, 4.69) is 0 Å². The topological polar surface area (TPSA) is 107 Å². The Kier molecular flexibility index (Phi) is 7.35. The zero-order valence-corrected chi connectivity index (χ0v) is 15.1. The second-order valence-electron chi connectivity index (χ2n) is 5.28. The highest BCUT2D eigenvalue weighted by Gasteiger charge is 2.02. The molecule has 3 N–H and O–H groups in total. The van der Waals surface area contributed by atoms with Crippen molar-refractivity contribution in [3.05, 3.63) is 70.1 Å². The zero-order valence-electron chi connectivity index (χ0n) is 14.3. The van der Waals surface area contributed by atoms with Crippen LogP contribution in [0.15, 0.2) is 47.9 Å². The van der Waals surface area contributed by atoms with E-state index >= 15 is 0 Å². The third kappa shape index (κ3) is 7.65. The molecule has 0 aromatic heterocycles. The van der Waals surface area contributed by atoms with Gasteiger partial charge >= 0.3 is 0 Å². The van der Waals surface area contributed by atoms with Gasteiger partial charge in [-0.2, -0.15) is 8.42 Å². The van der Waals surface area contributed by atoms with Crippen LogP contribution in [0.3, 0.4) is 0 Å².